The first-order chi connectivity index (χ1) is 15.1. The third kappa shape index (κ3) is 3.44. The van der Waals surface area contributed by atoms with Gasteiger partial charge in [0.2, 0.25) is 0 Å². The van der Waals surface area contributed by atoms with Gasteiger partial charge in [0.1, 0.15) is 5.78 Å². The lowest BCUT2D eigenvalue weighted by atomic mass is 9.51. The monoisotopic (exact) mass is 499 g/mol. The molecule has 188 valence electrons. The lowest BCUT2D eigenvalue weighted by Crippen LogP contribution is -2.67. The van der Waals surface area contributed by atoms with Gasteiger partial charge in [0, 0.05) is 36.8 Å². The first-order valence-electron chi connectivity index (χ1n) is 13.4. The van der Waals surface area contributed by atoms with E-state index in [1.807, 2.05) is 0 Å². The summed E-state index contributed by atoms with van der Waals surface area (Å²) in [5.41, 5.74) is -0.791. The minimum Gasteiger partial charge on any atom is -0.393 e. The van der Waals surface area contributed by atoms with Crippen LogP contribution in [0.5, 0.6) is 0 Å². The van der Waals surface area contributed by atoms with E-state index in [1.54, 1.807) is 0 Å². The molecule has 0 amide bonds. The molecule has 0 bridgehead atoms. The molecule has 2 N–H and O–H groups in total. The molecule has 0 aromatic carbocycles. The Morgan fingerprint density at radius 2 is 1.70 bits per heavy atom. The van der Waals surface area contributed by atoms with Gasteiger partial charge in [-0.3, -0.25) is 9.69 Å². The topological polar surface area (TPSA) is 60.8 Å². The molecule has 0 radical (unpaired) electrons. The minimum absolute atomic E-state index is 0. The Hall–Kier alpha value is 0.130. The number of alkyl halides is 1. The van der Waals surface area contributed by atoms with Crippen LogP contribution in [0.2, 0.25) is 0 Å². The van der Waals surface area contributed by atoms with E-state index < -0.39 is 11.7 Å². The first-order valence-corrected chi connectivity index (χ1v) is 13.9. The number of hydrogen-bond acceptors (Lipinski definition) is 4. The third-order valence-corrected chi connectivity index (χ3v) is 12.5. The zero-order valence-electron chi connectivity index (χ0n) is 20.5. The molecule has 4 aliphatic carbocycles. The Bertz CT molecular complexity index is 791. The molecule has 33 heavy (non-hydrogen) atoms. The highest BCUT2D eigenvalue weighted by molar-refractivity contribution is 6.21. The predicted molar refractivity (Wildman–Crippen MR) is 133 cm³/mol. The quantitative estimate of drug-likeness (QED) is 0.480. The summed E-state index contributed by atoms with van der Waals surface area (Å²) in [5.74, 6) is 4.07. The number of fused-ring (bicyclic) bond motifs is 8. The Morgan fingerprint density at radius 3 is 2.45 bits per heavy atom. The summed E-state index contributed by atoms with van der Waals surface area (Å²) in [6, 6.07) is 0.315. The molecular formula is C27H43Cl2NO3. The zero-order valence-corrected chi connectivity index (χ0v) is 22.0. The normalized spacial score (nSPS) is 58.2. The van der Waals surface area contributed by atoms with Gasteiger partial charge in [-0.15, -0.1) is 24.0 Å². The van der Waals surface area contributed by atoms with Gasteiger partial charge in [-0.05, 0) is 98.7 Å². The second kappa shape index (κ2) is 8.33. The van der Waals surface area contributed by atoms with E-state index in [4.69, 9.17) is 11.6 Å². The average molecular weight is 501 g/mol. The molecule has 4 saturated carbocycles. The van der Waals surface area contributed by atoms with E-state index in [0.717, 1.165) is 32.4 Å². The molecule has 0 aromatic heterocycles. The van der Waals surface area contributed by atoms with Crippen LogP contribution in [0.15, 0.2) is 0 Å². The molecule has 6 fully saturated rings. The molecular weight excluding hydrogens is 457 g/mol. The van der Waals surface area contributed by atoms with Crippen molar-refractivity contribution in [3.63, 3.8) is 0 Å². The van der Waals surface area contributed by atoms with Gasteiger partial charge in [0.05, 0.1) is 11.7 Å². The van der Waals surface area contributed by atoms with Crippen LogP contribution in [0, 0.1) is 52.8 Å². The second-order valence-electron chi connectivity index (χ2n) is 13.2. The molecule has 2 aliphatic heterocycles. The molecule has 1 unspecified atom stereocenters. The van der Waals surface area contributed by atoms with Crippen molar-refractivity contribution in [2.45, 2.75) is 95.3 Å². The lowest BCUT2D eigenvalue weighted by molar-refractivity contribution is -0.175. The molecule has 6 rings (SSSR count). The van der Waals surface area contributed by atoms with Crippen molar-refractivity contribution in [3.05, 3.63) is 0 Å². The van der Waals surface area contributed by atoms with Gasteiger partial charge in [0.25, 0.3) is 0 Å². The number of ketones is 1. The third-order valence-electron chi connectivity index (χ3n) is 11.8. The Kier molecular flexibility index (Phi) is 6.26. The maximum absolute atomic E-state index is 13.3. The average Bonchev–Trinajstić information content (AvgIpc) is 3.09. The fraction of sp³-hybridized carbons (Fsp3) is 0.963. The SMILES string of the molecule is C[C@H]1CC[C@@H]2N(C1)C[C@H]1[C@@H]3C[C@H]4[C@@H](CC(=O)[C@H]5C[C@@H](O)CC(Cl)[C@@]54C)[C@@H]3CC[C@H]1[C@]2(C)O.Cl. The number of nitrogens with zero attached hydrogens (tertiary/aromatic N) is 1. The fourth-order valence-electron chi connectivity index (χ4n) is 10.4. The standard InChI is InChI=1S/C27H42ClNO3.ClH/c1-14-4-7-25-27(3,32)20-6-5-16-17(19(20)13-29(25)12-14)10-21-18(16)11-23(31)22-8-15(30)9-24(28)26(21,22)2;/h14-22,24-25,30,32H,4-13H2,1-3H3;1H/t14-,15+,16+,17+,18-,19-,20+,21-,22+,24?,25-,26+,27-;/m0./s1. The van der Waals surface area contributed by atoms with E-state index in [9.17, 15) is 15.0 Å². The van der Waals surface area contributed by atoms with Crippen LogP contribution < -0.4 is 0 Å². The van der Waals surface area contributed by atoms with Gasteiger partial charge in [-0.2, -0.15) is 0 Å². The maximum atomic E-state index is 13.3. The van der Waals surface area contributed by atoms with Crippen molar-refractivity contribution in [1.82, 2.24) is 4.90 Å². The van der Waals surface area contributed by atoms with Crippen molar-refractivity contribution < 1.29 is 15.0 Å². The van der Waals surface area contributed by atoms with Gasteiger partial charge in [0.15, 0.2) is 0 Å². The van der Waals surface area contributed by atoms with E-state index in [-0.39, 0.29) is 29.1 Å². The summed E-state index contributed by atoms with van der Waals surface area (Å²) in [7, 11) is 0. The van der Waals surface area contributed by atoms with Crippen molar-refractivity contribution >= 4 is 29.8 Å². The summed E-state index contributed by atoms with van der Waals surface area (Å²) < 4.78 is 0. The highest BCUT2D eigenvalue weighted by atomic mass is 35.5. The van der Waals surface area contributed by atoms with Crippen LogP contribution in [0.3, 0.4) is 0 Å². The maximum Gasteiger partial charge on any atom is 0.136 e. The molecule has 0 aromatic rings. The number of piperidine rings is 2. The van der Waals surface area contributed by atoms with Gasteiger partial charge < -0.3 is 10.2 Å². The van der Waals surface area contributed by atoms with E-state index in [0.29, 0.717) is 72.5 Å². The van der Waals surface area contributed by atoms with E-state index in [1.165, 1.54) is 12.8 Å². The lowest BCUT2D eigenvalue weighted by Gasteiger charge is -2.59. The number of halogens is 2. The van der Waals surface area contributed by atoms with E-state index in [2.05, 4.69) is 25.7 Å². The highest BCUT2D eigenvalue weighted by Gasteiger charge is 2.66. The summed E-state index contributed by atoms with van der Waals surface area (Å²) >= 11 is 6.98. The van der Waals surface area contributed by atoms with Gasteiger partial charge in [-0.1, -0.05) is 13.8 Å². The van der Waals surface area contributed by atoms with Crippen molar-refractivity contribution in [2.24, 2.45) is 52.8 Å². The number of carbonyl (C=O) groups is 1. The molecule has 6 heteroatoms. The van der Waals surface area contributed by atoms with Crippen molar-refractivity contribution in [3.8, 4) is 0 Å². The zero-order chi connectivity index (χ0) is 22.6. The van der Waals surface area contributed by atoms with E-state index >= 15 is 0 Å². The van der Waals surface area contributed by atoms with Crippen LogP contribution in [-0.2, 0) is 4.79 Å². The molecule has 13 atom stereocenters. The van der Waals surface area contributed by atoms with Crippen LogP contribution in [-0.4, -0.2) is 57.1 Å². The van der Waals surface area contributed by atoms with Crippen LogP contribution >= 0.6 is 24.0 Å². The smallest absolute Gasteiger partial charge is 0.136 e. The van der Waals surface area contributed by atoms with Gasteiger partial charge >= 0.3 is 0 Å². The second-order valence-corrected chi connectivity index (χ2v) is 13.8. The minimum atomic E-state index is -0.603. The number of aliphatic hydroxyl groups excluding tert-OH is 1. The molecule has 2 saturated heterocycles. The summed E-state index contributed by atoms with van der Waals surface area (Å²) in [4.78, 5) is 16.0. The van der Waals surface area contributed by atoms with Gasteiger partial charge in [-0.25, -0.2) is 0 Å². The number of aliphatic hydroxyl groups is 2. The summed E-state index contributed by atoms with van der Waals surface area (Å²) in [6.07, 6.45) is 7.28. The van der Waals surface area contributed by atoms with Crippen molar-refractivity contribution in [2.75, 3.05) is 13.1 Å². The fourth-order valence-corrected chi connectivity index (χ4v) is 10.9. The number of Topliss-reactive ketones (excluding diaryl/α,β-unsaturated/α-hetero) is 1. The van der Waals surface area contributed by atoms with Crippen molar-refractivity contribution in [1.29, 1.82) is 0 Å². The largest absolute Gasteiger partial charge is 0.393 e. The van der Waals surface area contributed by atoms with Crippen LogP contribution in [0.1, 0.15) is 72.1 Å². The summed E-state index contributed by atoms with van der Waals surface area (Å²) in [5, 5.41) is 22.1. The number of rotatable bonds is 0. The Morgan fingerprint density at radius 1 is 0.939 bits per heavy atom. The first kappa shape index (κ1) is 24.8. The molecule has 6 aliphatic rings. The Balaban J connectivity index is 0.00000228. The van der Waals surface area contributed by atoms with Crippen LogP contribution in [0.4, 0.5) is 0 Å². The highest BCUT2D eigenvalue weighted by Crippen LogP contribution is 2.67. The molecule has 4 nitrogen and oxygen atoms in total. The summed E-state index contributed by atoms with van der Waals surface area (Å²) in [6.45, 7) is 9.03. The Labute approximate surface area is 210 Å². The number of carbonyl (C=O) groups excluding carboxylic acids is 1. The predicted octanol–water partition coefficient (Wildman–Crippen LogP) is 4.53. The molecule has 2 heterocycles. The van der Waals surface area contributed by atoms with Crippen LogP contribution in [0.25, 0.3) is 0 Å². The number of hydrogen-bond donors (Lipinski definition) is 2. The molecule has 0 spiro atoms.